The van der Waals surface area contributed by atoms with E-state index < -0.39 is 5.41 Å². The van der Waals surface area contributed by atoms with Crippen LogP contribution in [0, 0.1) is 5.41 Å². The molecule has 3 fully saturated rings. The number of morpholine rings is 1. The third-order valence-electron chi connectivity index (χ3n) is 7.54. The number of aliphatic hydroxyl groups is 1. The van der Waals surface area contributed by atoms with Gasteiger partial charge in [-0.3, -0.25) is 4.79 Å². The van der Waals surface area contributed by atoms with E-state index in [0.717, 1.165) is 68.8 Å². The van der Waals surface area contributed by atoms with Crippen LogP contribution in [0.1, 0.15) is 25.7 Å². The van der Waals surface area contributed by atoms with Gasteiger partial charge in [-0.2, -0.15) is 4.98 Å². The number of anilines is 1. The number of nitrogens with zero attached hydrogens (tertiary/aromatic N) is 4. The maximum atomic E-state index is 12.7. The first kappa shape index (κ1) is 23.5. The van der Waals surface area contributed by atoms with Gasteiger partial charge in [0, 0.05) is 50.3 Å². The molecule has 190 valence electrons. The SMILES string of the molecule is O=C(N1CCC(Oc2nc3nc(-c4ccc(N5CCOCC5)cc4)c(Cl)cc3[nH]2)CC1)C1(CO)CC1. The first-order valence-corrected chi connectivity index (χ1v) is 13.0. The Hall–Kier alpha value is -2.88. The lowest BCUT2D eigenvalue weighted by Gasteiger charge is -2.33. The molecule has 9 nitrogen and oxygen atoms in total. The average Bonchev–Trinajstić information content (AvgIpc) is 3.63. The lowest BCUT2D eigenvalue weighted by atomic mass is 10.0. The van der Waals surface area contributed by atoms with Gasteiger partial charge in [0.05, 0.1) is 41.5 Å². The molecule has 0 radical (unpaired) electrons. The van der Waals surface area contributed by atoms with Crippen molar-refractivity contribution < 1.29 is 19.4 Å². The highest BCUT2D eigenvalue weighted by molar-refractivity contribution is 6.33. The lowest BCUT2D eigenvalue weighted by molar-refractivity contribution is -0.140. The normalized spacial score (nSPS) is 20.1. The molecule has 3 aromatic rings. The molecule has 4 heterocycles. The number of hydrogen-bond acceptors (Lipinski definition) is 7. The number of nitrogens with one attached hydrogen (secondary N) is 1. The van der Waals surface area contributed by atoms with Crippen molar-refractivity contribution in [3.8, 4) is 17.3 Å². The second-order valence-corrected chi connectivity index (χ2v) is 10.3. The zero-order chi connectivity index (χ0) is 24.7. The summed E-state index contributed by atoms with van der Waals surface area (Å²) in [7, 11) is 0. The van der Waals surface area contributed by atoms with Gasteiger partial charge >= 0.3 is 0 Å². The molecule has 0 spiro atoms. The Labute approximate surface area is 214 Å². The van der Waals surface area contributed by atoms with Crippen LogP contribution in [0.5, 0.6) is 6.01 Å². The Kier molecular flexibility index (Phi) is 6.23. The van der Waals surface area contributed by atoms with E-state index in [0.29, 0.717) is 35.5 Å². The molecule has 1 aliphatic carbocycles. The standard InChI is InChI=1S/C26H30ClN5O4/c27-20-15-21-23(29-22(20)17-1-3-18(4-2-17)31-11-13-35-14-12-31)30-25(28-21)36-19-5-9-32(10-6-19)24(34)26(16-33)7-8-26/h1-4,15,19,33H,5-14,16H2,(H,28,29,30). The molecule has 2 aliphatic heterocycles. The number of hydrogen-bond donors (Lipinski definition) is 2. The number of pyridine rings is 1. The molecule has 1 amide bonds. The number of likely N-dealkylation sites (tertiary alicyclic amines) is 1. The van der Waals surface area contributed by atoms with Crippen molar-refractivity contribution in [1.29, 1.82) is 0 Å². The van der Waals surface area contributed by atoms with E-state index in [1.54, 1.807) is 0 Å². The minimum absolute atomic E-state index is 0.0402. The van der Waals surface area contributed by atoms with E-state index in [9.17, 15) is 9.90 Å². The van der Waals surface area contributed by atoms with Crippen molar-refractivity contribution in [3.63, 3.8) is 0 Å². The molecule has 2 N–H and O–H groups in total. The smallest absolute Gasteiger partial charge is 0.296 e. The van der Waals surface area contributed by atoms with Crippen LogP contribution in [-0.2, 0) is 9.53 Å². The van der Waals surface area contributed by atoms with Gasteiger partial charge in [-0.1, -0.05) is 23.7 Å². The van der Waals surface area contributed by atoms with Gasteiger partial charge in [0.15, 0.2) is 5.65 Å². The number of aliphatic hydroxyl groups excluding tert-OH is 1. The Morgan fingerprint density at radius 1 is 1.14 bits per heavy atom. The fraction of sp³-hybridized carbons (Fsp3) is 0.500. The Morgan fingerprint density at radius 2 is 1.86 bits per heavy atom. The molecule has 0 unspecified atom stereocenters. The number of benzene rings is 1. The Balaban J connectivity index is 1.12. The molecule has 36 heavy (non-hydrogen) atoms. The number of aromatic nitrogens is 3. The number of carbonyl (C=O) groups excluding carboxylic acids is 1. The first-order valence-electron chi connectivity index (χ1n) is 12.6. The van der Waals surface area contributed by atoms with Gasteiger partial charge in [0.2, 0.25) is 5.91 Å². The second kappa shape index (κ2) is 9.53. The van der Waals surface area contributed by atoms with Crippen LogP contribution in [-0.4, -0.2) is 83.0 Å². The summed E-state index contributed by atoms with van der Waals surface area (Å²) in [6, 6.07) is 10.5. The summed E-state index contributed by atoms with van der Waals surface area (Å²) >= 11 is 6.59. The number of rotatable bonds is 6. The second-order valence-electron chi connectivity index (χ2n) is 9.93. The molecule has 0 bridgehead atoms. The van der Waals surface area contributed by atoms with Gasteiger partial charge in [-0.05, 0) is 31.0 Å². The fourth-order valence-electron chi connectivity index (χ4n) is 5.07. The van der Waals surface area contributed by atoms with E-state index in [1.807, 2.05) is 23.1 Å². The van der Waals surface area contributed by atoms with Crippen LogP contribution in [0.25, 0.3) is 22.4 Å². The number of amides is 1. The van der Waals surface area contributed by atoms with Gasteiger partial charge in [-0.25, -0.2) is 4.98 Å². The molecule has 6 rings (SSSR count). The summed E-state index contributed by atoms with van der Waals surface area (Å²) in [5.74, 6) is 0.0801. The van der Waals surface area contributed by atoms with Crippen molar-refractivity contribution in [2.75, 3.05) is 50.9 Å². The van der Waals surface area contributed by atoms with Gasteiger partial charge in [-0.15, -0.1) is 0 Å². The van der Waals surface area contributed by atoms with Crippen LogP contribution in [0.3, 0.4) is 0 Å². The zero-order valence-corrected chi connectivity index (χ0v) is 20.8. The molecule has 3 aliphatic rings. The molecule has 2 aromatic heterocycles. The predicted molar refractivity (Wildman–Crippen MR) is 136 cm³/mol. The number of fused-ring (bicyclic) bond motifs is 1. The van der Waals surface area contributed by atoms with Gasteiger partial charge < -0.3 is 29.4 Å². The molecular weight excluding hydrogens is 482 g/mol. The molecule has 1 aromatic carbocycles. The van der Waals surface area contributed by atoms with E-state index in [4.69, 9.17) is 26.1 Å². The van der Waals surface area contributed by atoms with Crippen LogP contribution >= 0.6 is 11.6 Å². The van der Waals surface area contributed by atoms with Gasteiger partial charge in [0.1, 0.15) is 6.10 Å². The topological polar surface area (TPSA) is 104 Å². The van der Waals surface area contributed by atoms with Gasteiger partial charge in [0.25, 0.3) is 6.01 Å². The third-order valence-corrected chi connectivity index (χ3v) is 7.83. The van der Waals surface area contributed by atoms with Crippen LogP contribution in [0.2, 0.25) is 5.02 Å². The predicted octanol–water partition coefficient (Wildman–Crippen LogP) is 3.26. The van der Waals surface area contributed by atoms with Crippen molar-refractivity contribution in [2.45, 2.75) is 31.8 Å². The van der Waals surface area contributed by atoms with E-state index in [1.165, 1.54) is 0 Å². The van der Waals surface area contributed by atoms with E-state index >= 15 is 0 Å². The Morgan fingerprint density at radius 3 is 2.53 bits per heavy atom. The fourth-order valence-corrected chi connectivity index (χ4v) is 5.33. The summed E-state index contributed by atoms with van der Waals surface area (Å²) in [4.78, 5) is 29.3. The summed E-state index contributed by atoms with van der Waals surface area (Å²) in [5.41, 5.74) is 3.52. The average molecular weight is 512 g/mol. The minimum Gasteiger partial charge on any atom is -0.461 e. The number of piperidine rings is 1. The highest BCUT2D eigenvalue weighted by atomic mass is 35.5. The van der Waals surface area contributed by atoms with E-state index in [-0.39, 0.29) is 18.6 Å². The maximum Gasteiger partial charge on any atom is 0.296 e. The summed E-state index contributed by atoms with van der Waals surface area (Å²) in [5, 5.41) is 10.1. The largest absolute Gasteiger partial charge is 0.461 e. The maximum absolute atomic E-state index is 12.7. The first-order chi connectivity index (χ1) is 17.5. The van der Waals surface area contributed by atoms with Crippen molar-refractivity contribution in [1.82, 2.24) is 19.9 Å². The van der Waals surface area contributed by atoms with Crippen molar-refractivity contribution >= 4 is 34.4 Å². The lowest BCUT2D eigenvalue weighted by Crippen LogP contribution is -2.45. The highest BCUT2D eigenvalue weighted by Gasteiger charge is 2.51. The summed E-state index contributed by atoms with van der Waals surface area (Å²) in [6.45, 7) is 4.46. The number of aromatic amines is 1. The number of ether oxygens (including phenoxy) is 2. The quantitative estimate of drug-likeness (QED) is 0.523. The third kappa shape index (κ3) is 4.51. The summed E-state index contributed by atoms with van der Waals surface area (Å²) in [6.07, 6.45) is 2.97. The molecule has 0 atom stereocenters. The van der Waals surface area contributed by atoms with E-state index in [2.05, 4.69) is 27.0 Å². The molecule has 10 heteroatoms. The molecule has 2 saturated heterocycles. The zero-order valence-electron chi connectivity index (χ0n) is 20.1. The molecule has 1 saturated carbocycles. The highest BCUT2D eigenvalue weighted by Crippen LogP contribution is 2.47. The van der Waals surface area contributed by atoms with Crippen molar-refractivity contribution in [2.24, 2.45) is 5.41 Å². The summed E-state index contributed by atoms with van der Waals surface area (Å²) < 4.78 is 11.6. The van der Waals surface area contributed by atoms with Crippen LogP contribution in [0.15, 0.2) is 30.3 Å². The van der Waals surface area contributed by atoms with Crippen LogP contribution in [0.4, 0.5) is 5.69 Å². The minimum atomic E-state index is -0.516. The Bertz CT molecular complexity index is 1250. The molecular formula is C26H30ClN5O4. The number of H-pyrrole nitrogens is 1. The number of carbonyl (C=O) groups is 1. The monoisotopic (exact) mass is 511 g/mol. The van der Waals surface area contributed by atoms with Crippen molar-refractivity contribution in [3.05, 3.63) is 35.4 Å². The number of imidazole rings is 1. The number of halogens is 1. The van der Waals surface area contributed by atoms with Crippen LogP contribution < -0.4 is 9.64 Å².